The van der Waals surface area contributed by atoms with Crippen molar-refractivity contribution in [1.29, 1.82) is 0 Å². The smallest absolute Gasteiger partial charge is 0.255 e. The van der Waals surface area contributed by atoms with Gasteiger partial charge in [-0.25, -0.2) is 13.8 Å². The zero-order chi connectivity index (χ0) is 26.3. The summed E-state index contributed by atoms with van der Waals surface area (Å²) in [4.78, 5) is 30.8. The van der Waals surface area contributed by atoms with Crippen molar-refractivity contribution in [1.82, 2.24) is 25.4 Å². The van der Waals surface area contributed by atoms with Crippen LogP contribution in [0.15, 0.2) is 12.3 Å². The molecule has 1 aromatic carbocycles. The minimum atomic E-state index is -1.01. The average molecular weight is 515 g/mol. The van der Waals surface area contributed by atoms with Gasteiger partial charge in [0, 0.05) is 37.3 Å². The van der Waals surface area contributed by atoms with Gasteiger partial charge in [-0.15, -0.1) is 0 Å². The molecule has 1 amide bonds. The Bertz CT molecular complexity index is 1350. The van der Waals surface area contributed by atoms with Crippen LogP contribution in [-0.2, 0) is 6.42 Å². The first kappa shape index (κ1) is 24.9. The highest BCUT2D eigenvalue weighted by atomic mass is 19.1. The van der Waals surface area contributed by atoms with E-state index >= 15 is 0 Å². The van der Waals surface area contributed by atoms with Gasteiger partial charge in [-0.05, 0) is 31.7 Å². The normalized spacial score (nSPS) is 17.2. The van der Waals surface area contributed by atoms with Crippen LogP contribution < -0.4 is 25.8 Å². The number of hydrogen-bond donors (Lipinski definition) is 3. The Morgan fingerprint density at radius 1 is 1.19 bits per heavy atom. The molecule has 1 saturated heterocycles. The molecular formula is C25H28F2N6O4. The largest absolute Gasteiger partial charge is 0.494 e. The van der Waals surface area contributed by atoms with E-state index in [9.17, 15) is 18.4 Å². The Morgan fingerprint density at radius 2 is 1.89 bits per heavy atom. The van der Waals surface area contributed by atoms with Crippen molar-refractivity contribution in [2.45, 2.75) is 31.7 Å². The quantitative estimate of drug-likeness (QED) is 0.371. The van der Waals surface area contributed by atoms with Crippen molar-refractivity contribution in [3.05, 3.63) is 40.7 Å². The molecule has 2 aliphatic rings. The molecule has 3 aromatic rings. The molecule has 0 radical (unpaired) electrons. The van der Waals surface area contributed by atoms with E-state index in [4.69, 9.17) is 15.2 Å². The second kappa shape index (κ2) is 9.92. The fourth-order valence-electron chi connectivity index (χ4n) is 4.66. The Labute approximate surface area is 211 Å². The van der Waals surface area contributed by atoms with Crippen LogP contribution in [0, 0.1) is 17.6 Å². The number of rotatable bonds is 9. The van der Waals surface area contributed by atoms with E-state index in [1.807, 2.05) is 0 Å². The van der Waals surface area contributed by atoms with E-state index in [1.165, 1.54) is 20.4 Å². The van der Waals surface area contributed by atoms with Crippen molar-refractivity contribution < 1.29 is 27.8 Å². The number of ketones is 1. The topological polar surface area (TPSA) is 133 Å². The summed E-state index contributed by atoms with van der Waals surface area (Å²) in [5.41, 5.74) is 6.19. The SMILES string of the molecule is COc1cc(OC)c(F)c(CC(=O)c2nn([C@H]3CCNC3)c3c(C(=O)NCC4CC4)cnc(N)c23)c1F. The number of fused-ring (bicyclic) bond motifs is 1. The van der Waals surface area contributed by atoms with Gasteiger partial charge in [-0.2, -0.15) is 5.10 Å². The molecule has 10 nitrogen and oxygen atoms in total. The number of nitrogens with two attached hydrogens (primary N) is 1. The summed E-state index contributed by atoms with van der Waals surface area (Å²) < 4.78 is 41.6. The van der Waals surface area contributed by atoms with Crippen LogP contribution in [0.25, 0.3) is 10.9 Å². The molecule has 12 heteroatoms. The second-order valence-electron chi connectivity index (χ2n) is 9.36. The third-order valence-electron chi connectivity index (χ3n) is 6.89. The lowest BCUT2D eigenvalue weighted by atomic mass is 10.0. The number of carbonyl (C=O) groups is 2. The third kappa shape index (κ3) is 4.57. The first-order valence-electron chi connectivity index (χ1n) is 12.1. The summed E-state index contributed by atoms with van der Waals surface area (Å²) in [6, 6.07) is 0.927. The molecule has 37 heavy (non-hydrogen) atoms. The monoisotopic (exact) mass is 514 g/mol. The highest BCUT2D eigenvalue weighted by molar-refractivity contribution is 6.15. The molecule has 2 fully saturated rings. The average Bonchev–Trinajstić information content (AvgIpc) is 3.39. The molecule has 1 aliphatic heterocycles. The van der Waals surface area contributed by atoms with Crippen LogP contribution in [0.5, 0.6) is 11.5 Å². The number of aromatic nitrogens is 3. The number of amides is 1. The lowest BCUT2D eigenvalue weighted by Gasteiger charge is -2.13. The van der Waals surface area contributed by atoms with E-state index in [-0.39, 0.29) is 45.9 Å². The lowest BCUT2D eigenvalue weighted by molar-refractivity contribution is 0.0951. The number of anilines is 1. The number of carbonyl (C=O) groups excluding carboxylic acids is 2. The standard InChI is InChI=1S/C25H28F2N6O4/c1-36-17-8-18(37-2)21(27)14(20(17)26)7-16(34)22-19-23(33(32-22)13-5-6-29-10-13)15(11-30-24(19)28)25(35)31-9-12-3-4-12/h8,11-13,29H,3-7,9-10H2,1-2H3,(H2,28,30)(H,31,35)/t13-/m0/s1. The maximum Gasteiger partial charge on any atom is 0.255 e. The summed E-state index contributed by atoms with van der Waals surface area (Å²) in [5.74, 6) is -3.11. The predicted octanol–water partition coefficient (Wildman–Crippen LogP) is 2.41. The molecule has 1 atom stereocenters. The predicted molar refractivity (Wildman–Crippen MR) is 131 cm³/mol. The fraction of sp³-hybridized carbons (Fsp3) is 0.440. The fourth-order valence-corrected chi connectivity index (χ4v) is 4.66. The number of Topliss-reactive ketones (excluding diaryl/α,β-unsaturated/α-hetero) is 1. The van der Waals surface area contributed by atoms with Crippen molar-refractivity contribution >= 4 is 28.4 Å². The van der Waals surface area contributed by atoms with E-state index in [1.54, 1.807) is 4.68 Å². The van der Waals surface area contributed by atoms with Gasteiger partial charge in [-0.3, -0.25) is 14.3 Å². The van der Waals surface area contributed by atoms with E-state index in [0.717, 1.165) is 25.5 Å². The van der Waals surface area contributed by atoms with E-state index < -0.39 is 29.4 Å². The van der Waals surface area contributed by atoms with Gasteiger partial charge in [0.2, 0.25) is 0 Å². The Hall–Kier alpha value is -3.80. The highest BCUT2D eigenvalue weighted by Gasteiger charge is 2.31. The minimum Gasteiger partial charge on any atom is -0.494 e. The molecule has 4 N–H and O–H groups in total. The molecule has 1 saturated carbocycles. The van der Waals surface area contributed by atoms with Crippen molar-refractivity contribution in [3.8, 4) is 11.5 Å². The van der Waals surface area contributed by atoms with Crippen LogP contribution in [0.2, 0.25) is 0 Å². The molecule has 5 rings (SSSR count). The van der Waals surface area contributed by atoms with E-state index in [0.29, 0.717) is 30.9 Å². The first-order chi connectivity index (χ1) is 17.8. The zero-order valence-corrected chi connectivity index (χ0v) is 20.6. The number of benzene rings is 1. The van der Waals surface area contributed by atoms with Gasteiger partial charge in [0.05, 0.1) is 36.7 Å². The zero-order valence-electron chi connectivity index (χ0n) is 20.6. The van der Waals surface area contributed by atoms with Crippen LogP contribution in [0.3, 0.4) is 0 Å². The number of halogens is 2. The van der Waals surface area contributed by atoms with Crippen LogP contribution >= 0.6 is 0 Å². The molecular weight excluding hydrogens is 486 g/mol. The number of nitrogen functional groups attached to an aromatic ring is 1. The minimum absolute atomic E-state index is 0.00142. The maximum absolute atomic E-state index is 15.0. The Kier molecular flexibility index (Phi) is 6.67. The lowest BCUT2D eigenvalue weighted by Crippen LogP contribution is -2.27. The summed E-state index contributed by atoms with van der Waals surface area (Å²) in [5, 5.41) is 10.9. The number of hydrogen-bond acceptors (Lipinski definition) is 8. The number of methoxy groups -OCH3 is 2. The van der Waals surface area contributed by atoms with Gasteiger partial charge in [-0.1, -0.05) is 0 Å². The maximum atomic E-state index is 15.0. The van der Waals surface area contributed by atoms with Crippen molar-refractivity contribution in [2.75, 3.05) is 39.6 Å². The van der Waals surface area contributed by atoms with Gasteiger partial charge in [0.1, 0.15) is 11.5 Å². The summed E-state index contributed by atoms with van der Waals surface area (Å²) in [6.45, 7) is 1.86. The molecule has 1 aliphatic carbocycles. The van der Waals surface area contributed by atoms with Crippen LogP contribution in [0.4, 0.5) is 14.6 Å². The van der Waals surface area contributed by atoms with E-state index in [2.05, 4.69) is 20.7 Å². The summed E-state index contributed by atoms with van der Waals surface area (Å²) in [6.07, 6.45) is 3.56. The Balaban J connectivity index is 1.61. The van der Waals surface area contributed by atoms with Gasteiger partial charge in [0.15, 0.2) is 28.9 Å². The number of nitrogens with zero attached hydrogens (tertiary/aromatic N) is 3. The molecule has 0 bridgehead atoms. The van der Waals surface area contributed by atoms with Gasteiger partial charge >= 0.3 is 0 Å². The van der Waals surface area contributed by atoms with Gasteiger partial charge < -0.3 is 25.8 Å². The molecule has 196 valence electrons. The highest BCUT2D eigenvalue weighted by Crippen LogP contribution is 2.35. The third-order valence-corrected chi connectivity index (χ3v) is 6.89. The van der Waals surface area contributed by atoms with Crippen molar-refractivity contribution in [3.63, 3.8) is 0 Å². The number of ether oxygens (including phenoxy) is 2. The first-order valence-corrected chi connectivity index (χ1v) is 12.1. The van der Waals surface area contributed by atoms with Gasteiger partial charge in [0.25, 0.3) is 5.91 Å². The summed E-state index contributed by atoms with van der Waals surface area (Å²) in [7, 11) is 2.46. The Morgan fingerprint density at radius 3 is 2.49 bits per heavy atom. The van der Waals surface area contributed by atoms with Crippen LogP contribution in [-0.4, -0.2) is 60.3 Å². The summed E-state index contributed by atoms with van der Waals surface area (Å²) >= 11 is 0. The van der Waals surface area contributed by atoms with Crippen LogP contribution in [0.1, 0.15) is 51.7 Å². The molecule has 3 heterocycles. The number of nitrogens with one attached hydrogen (secondary N) is 2. The molecule has 0 spiro atoms. The van der Waals surface area contributed by atoms with Crippen molar-refractivity contribution in [2.24, 2.45) is 5.92 Å². The molecule has 0 unspecified atom stereocenters. The molecule has 2 aromatic heterocycles. The number of pyridine rings is 1. The second-order valence-corrected chi connectivity index (χ2v) is 9.36.